The Hall–Kier alpha value is -3.79. The number of thiophene rings is 1. The zero-order valence-corrected chi connectivity index (χ0v) is 31.6. The van der Waals surface area contributed by atoms with Crippen LogP contribution in [0.3, 0.4) is 0 Å². The van der Waals surface area contributed by atoms with Crippen molar-refractivity contribution in [3.05, 3.63) is 64.1 Å². The first-order valence-corrected chi connectivity index (χ1v) is 19.9. The lowest BCUT2D eigenvalue weighted by atomic mass is 9.72. The number of hydrogen-bond donors (Lipinski definition) is 2. The molecule has 3 aliphatic rings. The molecule has 1 aliphatic carbocycles. The van der Waals surface area contributed by atoms with Gasteiger partial charge < -0.3 is 20.2 Å². The van der Waals surface area contributed by atoms with Gasteiger partial charge in [0.25, 0.3) is 5.91 Å². The molecule has 2 amide bonds. The quantitative estimate of drug-likeness (QED) is 0.209. The number of carbonyl (C=O) groups is 3. The van der Waals surface area contributed by atoms with Crippen LogP contribution in [0.4, 0.5) is 5.69 Å². The fraction of sp³-hybridized carbons (Fsp3) is 0.585. The highest BCUT2D eigenvalue weighted by atomic mass is 32.1. The number of aliphatic carboxylic acids is 1. The summed E-state index contributed by atoms with van der Waals surface area (Å²) in [6.45, 7) is 11.1. The molecule has 3 aromatic rings. The number of amides is 2. The Kier molecular flexibility index (Phi) is 11.8. The highest BCUT2D eigenvalue weighted by molar-refractivity contribution is 7.14. The van der Waals surface area contributed by atoms with Crippen molar-refractivity contribution in [2.75, 3.05) is 24.5 Å². The molecular formula is C41H55N5O4S. The molecule has 0 unspecified atom stereocenters. The van der Waals surface area contributed by atoms with Crippen LogP contribution >= 0.6 is 11.3 Å². The van der Waals surface area contributed by atoms with Crippen molar-refractivity contribution in [1.82, 2.24) is 20.2 Å². The van der Waals surface area contributed by atoms with Crippen LogP contribution in [0, 0.1) is 17.8 Å². The van der Waals surface area contributed by atoms with Gasteiger partial charge in [0, 0.05) is 36.5 Å². The van der Waals surface area contributed by atoms with Crippen LogP contribution in [0.15, 0.2) is 48.8 Å². The van der Waals surface area contributed by atoms with E-state index in [0.29, 0.717) is 30.1 Å². The molecule has 0 radical (unpaired) electrons. The molecule has 1 aromatic carbocycles. The standard InChI is InChI=1S/C41H55N5O4S/c1-5-7-27-9-13-29(14-10-27)30-19-22-45(23-20-30)32-25-42-37(43-26-32)31-15-11-28(12-16-31)24-33(39(48)46-21-6-8-34(46)40(49)50)44-38(47)35-17-18-36(51-35)41(2,3)4/h11-12,15-18,25-27,29-30,33-34H,5-10,13-14,19-24H2,1-4H3,(H,44,47)(H,49,50)/t27?,29?,33-,34-/m0/s1. The minimum atomic E-state index is -1.02. The molecule has 51 heavy (non-hydrogen) atoms. The number of anilines is 1. The molecule has 274 valence electrons. The van der Waals surface area contributed by atoms with Crippen molar-refractivity contribution in [1.29, 1.82) is 0 Å². The summed E-state index contributed by atoms with van der Waals surface area (Å²) in [6.07, 6.45) is 16.0. The van der Waals surface area contributed by atoms with Gasteiger partial charge in [-0.2, -0.15) is 0 Å². The Morgan fingerprint density at radius 3 is 2.18 bits per heavy atom. The van der Waals surface area contributed by atoms with E-state index in [-0.39, 0.29) is 23.7 Å². The highest BCUT2D eigenvalue weighted by Crippen LogP contribution is 2.40. The van der Waals surface area contributed by atoms with Gasteiger partial charge in [-0.25, -0.2) is 14.8 Å². The number of benzene rings is 1. The predicted octanol–water partition coefficient (Wildman–Crippen LogP) is 7.74. The minimum absolute atomic E-state index is 0.0989. The second-order valence-corrected chi connectivity index (χ2v) is 17.1. The van der Waals surface area contributed by atoms with Crippen LogP contribution in [-0.2, 0) is 21.4 Å². The minimum Gasteiger partial charge on any atom is -0.480 e. The maximum Gasteiger partial charge on any atom is 0.326 e. The molecule has 2 atom stereocenters. The van der Waals surface area contributed by atoms with Gasteiger partial charge in [-0.05, 0) is 79.4 Å². The maximum atomic E-state index is 13.8. The number of carboxylic acids is 1. The van der Waals surface area contributed by atoms with Crippen LogP contribution in [0.25, 0.3) is 11.4 Å². The summed E-state index contributed by atoms with van der Waals surface area (Å²) >= 11 is 1.41. The average Bonchev–Trinajstić information content (AvgIpc) is 3.84. The van der Waals surface area contributed by atoms with Crippen molar-refractivity contribution in [3.63, 3.8) is 0 Å². The summed E-state index contributed by atoms with van der Waals surface area (Å²) in [5, 5.41) is 12.7. The van der Waals surface area contributed by atoms with E-state index in [1.54, 1.807) is 6.07 Å². The van der Waals surface area contributed by atoms with Crippen LogP contribution < -0.4 is 10.2 Å². The maximum absolute atomic E-state index is 13.8. The van der Waals surface area contributed by atoms with Crippen LogP contribution in [0.1, 0.15) is 112 Å². The number of rotatable bonds is 11. The second-order valence-electron chi connectivity index (χ2n) is 16.0. The van der Waals surface area contributed by atoms with Gasteiger partial charge in [-0.1, -0.05) is 77.6 Å². The molecule has 0 bridgehead atoms. The van der Waals surface area contributed by atoms with E-state index in [1.165, 1.54) is 67.6 Å². The van der Waals surface area contributed by atoms with Gasteiger partial charge in [0.2, 0.25) is 5.91 Å². The number of carboxylic acid groups (broad SMARTS) is 1. The Balaban J connectivity index is 1.08. The first-order chi connectivity index (χ1) is 24.5. The molecule has 2 aromatic heterocycles. The molecule has 9 nitrogen and oxygen atoms in total. The lowest BCUT2D eigenvalue weighted by Gasteiger charge is -2.39. The van der Waals surface area contributed by atoms with Crippen molar-refractivity contribution in [3.8, 4) is 11.4 Å². The zero-order valence-electron chi connectivity index (χ0n) is 30.8. The van der Waals surface area contributed by atoms with Gasteiger partial charge >= 0.3 is 5.97 Å². The lowest BCUT2D eigenvalue weighted by Crippen LogP contribution is -2.52. The number of nitrogens with zero attached hydrogens (tertiary/aromatic N) is 4. The van der Waals surface area contributed by atoms with Gasteiger partial charge in [0.15, 0.2) is 5.82 Å². The number of carbonyl (C=O) groups excluding carboxylic acids is 2. The average molecular weight is 714 g/mol. The summed E-state index contributed by atoms with van der Waals surface area (Å²) in [5.41, 5.74) is 2.69. The first kappa shape index (κ1) is 37.0. The molecule has 2 aliphatic heterocycles. The topological polar surface area (TPSA) is 116 Å². The van der Waals surface area contributed by atoms with E-state index >= 15 is 0 Å². The van der Waals surface area contributed by atoms with Gasteiger partial charge in [0.05, 0.1) is 23.0 Å². The molecule has 1 saturated carbocycles. The van der Waals surface area contributed by atoms with E-state index in [0.717, 1.165) is 52.5 Å². The number of piperidine rings is 1. The molecule has 3 fully saturated rings. The van der Waals surface area contributed by atoms with E-state index in [1.807, 2.05) is 42.7 Å². The second kappa shape index (κ2) is 16.3. The van der Waals surface area contributed by atoms with E-state index in [4.69, 9.17) is 9.97 Å². The molecule has 2 N–H and O–H groups in total. The molecular weight excluding hydrogens is 659 g/mol. The zero-order chi connectivity index (χ0) is 36.1. The van der Waals surface area contributed by atoms with Crippen LogP contribution in [-0.4, -0.2) is 69.5 Å². The van der Waals surface area contributed by atoms with Crippen molar-refractivity contribution in [2.45, 2.75) is 116 Å². The Bertz CT molecular complexity index is 1630. The summed E-state index contributed by atoms with van der Waals surface area (Å²) in [5.74, 6) is 1.63. The fourth-order valence-corrected chi connectivity index (χ4v) is 9.39. The fourth-order valence-electron chi connectivity index (χ4n) is 8.42. The third-order valence-corrected chi connectivity index (χ3v) is 13.0. The van der Waals surface area contributed by atoms with E-state index in [9.17, 15) is 19.5 Å². The van der Waals surface area contributed by atoms with Crippen LogP contribution in [0.5, 0.6) is 0 Å². The molecule has 6 rings (SSSR count). The number of nitrogens with one attached hydrogen (secondary N) is 1. The predicted molar refractivity (Wildman–Crippen MR) is 203 cm³/mol. The lowest BCUT2D eigenvalue weighted by molar-refractivity contribution is -0.148. The summed E-state index contributed by atoms with van der Waals surface area (Å²) in [4.78, 5) is 54.0. The summed E-state index contributed by atoms with van der Waals surface area (Å²) < 4.78 is 0. The third kappa shape index (κ3) is 8.99. The number of hydrogen-bond acceptors (Lipinski definition) is 7. The van der Waals surface area contributed by atoms with E-state index in [2.05, 4.69) is 37.9 Å². The monoisotopic (exact) mass is 713 g/mol. The molecule has 2 saturated heterocycles. The number of likely N-dealkylation sites (tertiary alicyclic amines) is 1. The molecule has 0 spiro atoms. The Labute approximate surface area is 307 Å². The smallest absolute Gasteiger partial charge is 0.326 e. The molecule has 10 heteroatoms. The van der Waals surface area contributed by atoms with Gasteiger partial charge in [-0.3, -0.25) is 9.59 Å². The van der Waals surface area contributed by atoms with E-state index < -0.39 is 18.1 Å². The highest BCUT2D eigenvalue weighted by Gasteiger charge is 2.38. The third-order valence-electron chi connectivity index (χ3n) is 11.4. The van der Waals surface area contributed by atoms with Crippen molar-refractivity contribution < 1.29 is 19.5 Å². The van der Waals surface area contributed by atoms with Gasteiger partial charge in [0.1, 0.15) is 12.1 Å². The number of aromatic nitrogens is 2. The van der Waals surface area contributed by atoms with Crippen molar-refractivity contribution >= 4 is 34.8 Å². The first-order valence-electron chi connectivity index (χ1n) is 19.1. The summed E-state index contributed by atoms with van der Waals surface area (Å²) in [7, 11) is 0. The van der Waals surface area contributed by atoms with Gasteiger partial charge in [-0.15, -0.1) is 11.3 Å². The molecule has 4 heterocycles. The van der Waals surface area contributed by atoms with Crippen LogP contribution in [0.2, 0.25) is 0 Å². The van der Waals surface area contributed by atoms with Crippen molar-refractivity contribution in [2.24, 2.45) is 17.8 Å². The Morgan fingerprint density at radius 1 is 0.902 bits per heavy atom. The SMILES string of the molecule is CCCC1CCC(C2CCN(c3cnc(-c4ccc(C[C@H](NC(=O)c5ccc(C(C)(C)C)s5)C(=O)N5CCC[C@H]5C(=O)O)cc4)nc3)CC2)CC1. The normalized spacial score (nSPS) is 22.2. The Morgan fingerprint density at radius 2 is 1.57 bits per heavy atom. The summed E-state index contributed by atoms with van der Waals surface area (Å²) in [6, 6.07) is 9.71. The largest absolute Gasteiger partial charge is 0.480 e.